The molecule has 0 N–H and O–H groups in total. The topological polar surface area (TPSA) is 22.1 Å². The number of hydrogen-bond acceptors (Lipinski definition) is 2. The Bertz CT molecular complexity index is 491. The molecule has 2 nitrogen and oxygen atoms in total. The van der Waals surface area contributed by atoms with Crippen LogP contribution in [0, 0.1) is 12.8 Å². The average Bonchev–Trinajstić information content (AvgIpc) is 2.26. The molecule has 0 radical (unpaired) electrons. The van der Waals surface area contributed by atoms with Crippen LogP contribution in [0.4, 0.5) is 0 Å². The minimum absolute atomic E-state index is 0.528. The summed E-state index contributed by atoms with van der Waals surface area (Å²) in [5.41, 5.74) is 1.98. The number of nitrogens with zero attached hydrogens (tertiary/aromatic N) is 1. The van der Waals surface area contributed by atoms with E-state index in [0.29, 0.717) is 5.92 Å². The van der Waals surface area contributed by atoms with E-state index in [1.54, 1.807) is 0 Å². The molecule has 0 bridgehead atoms. The first-order valence-corrected chi connectivity index (χ1v) is 5.66. The van der Waals surface area contributed by atoms with Crippen LogP contribution in [-0.4, -0.2) is 11.6 Å². The number of benzene rings is 1. The van der Waals surface area contributed by atoms with Crippen LogP contribution in [0.3, 0.4) is 0 Å². The van der Waals surface area contributed by atoms with Crippen LogP contribution in [0.25, 0.3) is 10.9 Å². The predicted octanol–water partition coefficient (Wildman–Crippen LogP) is 3.58. The number of fused-ring (bicyclic) bond motifs is 1. The van der Waals surface area contributed by atoms with Crippen molar-refractivity contribution in [3.05, 3.63) is 36.0 Å². The Morgan fingerprint density at radius 2 is 2.00 bits per heavy atom. The maximum atomic E-state index is 5.77. The molecule has 0 saturated heterocycles. The summed E-state index contributed by atoms with van der Waals surface area (Å²) in [6, 6.07) is 10.2. The van der Waals surface area contributed by atoms with Gasteiger partial charge in [-0.05, 0) is 25.0 Å². The van der Waals surface area contributed by atoms with Gasteiger partial charge < -0.3 is 4.74 Å². The molecular formula is C14H17NO. The normalized spacial score (nSPS) is 11.0. The lowest BCUT2D eigenvalue weighted by Crippen LogP contribution is -2.05. The summed E-state index contributed by atoms with van der Waals surface area (Å²) in [4.78, 5) is 4.53. The maximum Gasteiger partial charge on any atom is 0.145 e. The monoisotopic (exact) mass is 215 g/mol. The first-order chi connectivity index (χ1) is 7.66. The number of aromatic nitrogens is 1. The van der Waals surface area contributed by atoms with E-state index in [-0.39, 0.29) is 0 Å². The predicted molar refractivity (Wildman–Crippen MR) is 66.8 cm³/mol. The van der Waals surface area contributed by atoms with Gasteiger partial charge >= 0.3 is 0 Å². The summed E-state index contributed by atoms with van der Waals surface area (Å²) in [7, 11) is 0. The molecule has 1 heterocycles. The summed E-state index contributed by atoms with van der Waals surface area (Å²) in [5.74, 6) is 1.41. The molecule has 0 atom stereocenters. The number of para-hydroxylation sites is 1. The van der Waals surface area contributed by atoms with Crippen LogP contribution in [0.2, 0.25) is 0 Å². The first kappa shape index (κ1) is 10.9. The van der Waals surface area contributed by atoms with E-state index >= 15 is 0 Å². The highest BCUT2D eigenvalue weighted by Crippen LogP contribution is 2.24. The van der Waals surface area contributed by atoms with Gasteiger partial charge in [-0.1, -0.05) is 32.0 Å². The molecule has 2 heteroatoms. The summed E-state index contributed by atoms with van der Waals surface area (Å²) >= 11 is 0. The molecule has 0 fully saturated rings. The van der Waals surface area contributed by atoms with Crippen LogP contribution in [-0.2, 0) is 0 Å². The molecule has 2 aromatic rings. The Labute approximate surface area is 96.3 Å². The highest BCUT2D eigenvalue weighted by molar-refractivity contribution is 5.84. The van der Waals surface area contributed by atoms with Gasteiger partial charge in [0.1, 0.15) is 11.3 Å². The second kappa shape index (κ2) is 4.52. The van der Waals surface area contributed by atoms with Crippen molar-refractivity contribution >= 4 is 10.9 Å². The van der Waals surface area contributed by atoms with Crippen molar-refractivity contribution in [2.24, 2.45) is 5.92 Å². The van der Waals surface area contributed by atoms with E-state index in [1.807, 2.05) is 25.1 Å². The third kappa shape index (κ3) is 2.32. The Balaban J connectivity index is 2.40. The van der Waals surface area contributed by atoms with Crippen LogP contribution in [0.1, 0.15) is 19.5 Å². The number of ether oxygens (including phenoxy) is 1. The van der Waals surface area contributed by atoms with E-state index in [0.717, 1.165) is 29.0 Å². The van der Waals surface area contributed by atoms with Crippen molar-refractivity contribution in [3.63, 3.8) is 0 Å². The maximum absolute atomic E-state index is 5.77. The van der Waals surface area contributed by atoms with Crippen LogP contribution in [0.5, 0.6) is 5.75 Å². The minimum Gasteiger partial charge on any atom is -0.491 e. The Kier molecular flexibility index (Phi) is 3.09. The molecule has 2 rings (SSSR count). The van der Waals surface area contributed by atoms with E-state index in [9.17, 15) is 0 Å². The molecule has 0 aliphatic rings. The van der Waals surface area contributed by atoms with Gasteiger partial charge in [0.25, 0.3) is 0 Å². The Hall–Kier alpha value is -1.57. The Morgan fingerprint density at radius 3 is 2.75 bits per heavy atom. The molecular weight excluding hydrogens is 198 g/mol. The third-order valence-corrected chi connectivity index (χ3v) is 2.39. The zero-order valence-corrected chi connectivity index (χ0v) is 10.0. The van der Waals surface area contributed by atoms with E-state index in [4.69, 9.17) is 4.74 Å². The van der Waals surface area contributed by atoms with Gasteiger partial charge in [0, 0.05) is 11.1 Å². The third-order valence-electron chi connectivity index (χ3n) is 2.39. The van der Waals surface area contributed by atoms with E-state index < -0.39 is 0 Å². The van der Waals surface area contributed by atoms with Gasteiger partial charge in [0.05, 0.1) is 6.61 Å². The fraction of sp³-hybridized carbons (Fsp3) is 0.357. The molecule has 16 heavy (non-hydrogen) atoms. The molecule has 1 aromatic heterocycles. The molecule has 1 aromatic carbocycles. The van der Waals surface area contributed by atoms with Crippen molar-refractivity contribution in [3.8, 4) is 5.75 Å². The van der Waals surface area contributed by atoms with Gasteiger partial charge in [0.2, 0.25) is 0 Å². The van der Waals surface area contributed by atoms with E-state index in [2.05, 4.69) is 31.0 Å². The average molecular weight is 215 g/mol. The van der Waals surface area contributed by atoms with Gasteiger partial charge in [-0.15, -0.1) is 0 Å². The number of hydrogen-bond donors (Lipinski definition) is 0. The van der Waals surface area contributed by atoms with Crippen molar-refractivity contribution < 1.29 is 4.74 Å². The quantitative estimate of drug-likeness (QED) is 0.780. The van der Waals surface area contributed by atoms with Gasteiger partial charge in [0.15, 0.2) is 0 Å². The lowest BCUT2D eigenvalue weighted by Gasteiger charge is -2.10. The molecule has 0 amide bonds. The molecule has 0 saturated carbocycles. The van der Waals surface area contributed by atoms with E-state index in [1.165, 1.54) is 0 Å². The highest BCUT2D eigenvalue weighted by Gasteiger charge is 2.04. The van der Waals surface area contributed by atoms with Crippen LogP contribution >= 0.6 is 0 Å². The number of pyridine rings is 1. The lowest BCUT2D eigenvalue weighted by atomic mass is 10.2. The SMILES string of the molecule is Cc1ccc2cccc(OCC(C)C)c2n1. The first-order valence-electron chi connectivity index (χ1n) is 5.66. The van der Waals surface area contributed by atoms with Crippen LogP contribution < -0.4 is 4.74 Å². The van der Waals surface area contributed by atoms with Gasteiger partial charge in [-0.2, -0.15) is 0 Å². The second-order valence-corrected chi connectivity index (χ2v) is 4.49. The van der Waals surface area contributed by atoms with Crippen molar-refractivity contribution in [2.75, 3.05) is 6.61 Å². The smallest absolute Gasteiger partial charge is 0.145 e. The summed E-state index contributed by atoms with van der Waals surface area (Å²) in [6.45, 7) is 7.01. The fourth-order valence-electron chi connectivity index (χ4n) is 1.59. The minimum atomic E-state index is 0.528. The largest absolute Gasteiger partial charge is 0.491 e. The van der Waals surface area contributed by atoms with Crippen molar-refractivity contribution in [2.45, 2.75) is 20.8 Å². The summed E-state index contributed by atoms with van der Waals surface area (Å²) in [6.07, 6.45) is 0. The summed E-state index contributed by atoms with van der Waals surface area (Å²) in [5, 5.41) is 1.13. The fourth-order valence-corrected chi connectivity index (χ4v) is 1.59. The zero-order valence-electron chi connectivity index (χ0n) is 10.0. The lowest BCUT2D eigenvalue weighted by molar-refractivity contribution is 0.273. The van der Waals surface area contributed by atoms with Gasteiger partial charge in [-0.3, -0.25) is 0 Å². The highest BCUT2D eigenvalue weighted by atomic mass is 16.5. The number of aryl methyl sites for hydroxylation is 1. The zero-order chi connectivity index (χ0) is 11.5. The molecule has 0 aliphatic carbocycles. The molecule has 0 unspecified atom stereocenters. The molecule has 0 aliphatic heterocycles. The molecule has 0 spiro atoms. The second-order valence-electron chi connectivity index (χ2n) is 4.49. The summed E-state index contributed by atoms with van der Waals surface area (Å²) < 4.78 is 5.77. The van der Waals surface area contributed by atoms with Crippen molar-refractivity contribution in [1.82, 2.24) is 4.98 Å². The standard InChI is InChI=1S/C14H17NO/c1-10(2)9-16-13-6-4-5-12-8-7-11(3)15-14(12)13/h4-8,10H,9H2,1-3H3. The molecule has 84 valence electrons. The van der Waals surface area contributed by atoms with Crippen molar-refractivity contribution in [1.29, 1.82) is 0 Å². The Morgan fingerprint density at radius 1 is 1.19 bits per heavy atom. The van der Waals surface area contributed by atoms with Crippen LogP contribution in [0.15, 0.2) is 30.3 Å². The number of rotatable bonds is 3. The van der Waals surface area contributed by atoms with Gasteiger partial charge in [-0.25, -0.2) is 4.98 Å².